The first kappa shape index (κ1) is 15.5. The normalized spacial score (nSPS) is 29.5. The van der Waals surface area contributed by atoms with Crippen molar-refractivity contribution in [3.8, 4) is 0 Å². The van der Waals surface area contributed by atoms with Crippen LogP contribution in [0.4, 0.5) is 0 Å². The Hall–Kier alpha value is -1.39. The van der Waals surface area contributed by atoms with Gasteiger partial charge in [0.25, 0.3) is 0 Å². The second kappa shape index (κ2) is 6.80. The van der Waals surface area contributed by atoms with Crippen LogP contribution in [0.5, 0.6) is 0 Å². The van der Waals surface area contributed by atoms with Gasteiger partial charge in [-0.3, -0.25) is 19.3 Å². The van der Waals surface area contributed by atoms with Gasteiger partial charge < -0.3 is 4.74 Å². The molecule has 2 amide bonds. The van der Waals surface area contributed by atoms with Gasteiger partial charge in [0, 0.05) is 6.54 Å². The highest BCUT2D eigenvalue weighted by atomic mass is 16.5. The van der Waals surface area contributed by atoms with Crippen LogP contribution in [0.25, 0.3) is 0 Å². The first-order valence-electron chi connectivity index (χ1n) is 8.71. The molecule has 3 rings (SSSR count). The molecule has 3 aliphatic rings. The Kier molecular flexibility index (Phi) is 4.79. The summed E-state index contributed by atoms with van der Waals surface area (Å²) in [6.07, 6.45) is 9.19. The third kappa shape index (κ3) is 3.18. The molecular weight excluding hydrogens is 282 g/mol. The second-order valence-corrected chi connectivity index (χ2v) is 6.83. The molecule has 1 aliphatic heterocycles. The largest absolute Gasteiger partial charge is 0.462 e. The highest BCUT2D eigenvalue weighted by molar-refractivity contribution is 6.05. The molecular formula is C17H25NO4. The first-order valence-corrected chi connectivity index (χ1v) is 8.71. The highest BCUT2D eigenvalue weighted by Crippen LogP contribution is 2.38. The molecule has 0 unspecified atom stereocenters. The average Bonchev–Trinajstić information content (AvgIpc) is 2.78. The molecule has 122 valence electrons. The van der Waals surface area contributed by atoms with E-state index in [2.05, 4.69) is 0 Å². The van der Waals surface area contributed by atoms with E-state index in [1.807, 2.05) is 0 Å². The summed E-state index contributed by atoms with van der Waals surface area (Å²) in [5, 5.41) is 0. The SMILES string of the molecule is O=C(CCN1C(=O)[C@H]2CCCC[C@@H]2C1=O)OC1CCCCC1. The fourth-order valence-corrected chi connectivity index (χ4v) is 4.08. The zero-order chi connectivity index (χ0) is 15.5. The first-order chi connectivity index (χ1) is 10.7. The third-order valence-corrected chi connectivity index (χ3v) is 5.32. The van der Waals surface area contributed by atoms with Crippen LogP contribution in [0.2, 0.25) is 0 Å². The number of nitrogens with zero attached hydrogens (tertiary/aromatic N) is 1. The Balaban J connectivity index is 1.49. The van der Waals surface area contributed by atoms with E-state index in [1.165, 1.54) is 11.3 Å². The predicted molar refractivity (Wildman–Crippen MR) is 79.8 cm³/mol. The second-order valence-electron chi connectivity index (χ2n) is 6.83. The van der Waals surface area contributed by atoms with Crippen molar-refractivity contribution in [3.63, 3.8) is 0 Å². The Morgan fingerprint density at radius 2 is 1.45 bits per heavy atom. The lowest BCUT2D eigenvalue weighted by Crippen LogP contribution is -2.34. The van der Waals surface area contributed by atoms with E-state index in [-0.39, 0.29) is 48.7 Å². The van der Waals surface area contributed by atoms with Gasteiger partial charge in [0.2, 0.25) is 11.8 Å². The quantitative estimate of drug-likeness (QED) is 0.591. The van der Waals surface area contributed by atoms with Gasteiger partial charge in [-0.05, 0) is 38.5 Å². The number of imide groups is 1. The van der Waals surface area contributed by atoms with Crippen LogP contribution in [0.3, 0.4) is 0 Å². The van der Waals surface area contributed by atoms with Gasteiger partial charge in [-0.1, -0.05) is 19.3 Å². The number of rotatable bonds is 4. The minimum absolute atomic E-state index is 0.0359. The highest BCUT2D eigenvalue weighted by Gasteiger charge is 2.47. The fourth-order valence-electron chi connectivity index (χ4n) is 4.08. The molecule has 5 heteroatoms. The van der Waals surface area contributed by atoms with Crippen LogP contribution in [0, 0.1) is 11.8 Å². The van der Waals surface area contributed by atoms with Crippen LogP contribution in [0.1, 0.15) is 64.2 Å². The molecule has 22 heavy (non-hydrogen) atoms. The number of carbonyl (C=O) groups excluding carboxylic acids is 3. The number of hydrogen-bond acceptors (Lipinski definition) is 4. The molecule has 2 aliphatic carbocycles. The van der Waals surface area contributed by atoms with E-state index in [0.717, 1.165) is 51.4 Å². The van der Waals surface area contributed by atoms with Crippen LogP contribution < -0.4 is 0 Å². The number of carbonyl (C=O) groups is 3. The fraction of sp³-hybridized carbons (Fsp3) is 0.824. The van der Waals surface area contributed by atoms with Gasteiger partial charge in [-0.25, -0.2) is 0 Å². The van der Waals surface area contributed by atoms with Gasteiger partial charge in [0.1, 0.15) is 6.10 Å². The topological polar surface area (TPSA) is 63.7 Å². The number of amides is 2. The molecule has 0 aromatic heterocycles. The minimum atomic E-state index is -0.276. The van der Waals surface area contributed by atoms with Gasteiger partial charge in [-0.2, -0.15) is 0 Å². The molecule has 1 heterocycles. The third-order valence-electron chi connectivity index (χ3n) is 5.32. The lowest BCUT2D eigenvalue weighted by atomic mass is 9.81. The molecule has 2 saturated carbocycles. The summed E-state index contributed by atoms with van der Waals surface area (Å²) >= 11 is 0. The standard InChI is InChI=1S/C17H25NO4/c19-15(22-12-6-2-1-3-7-12)10-11-18-16(20)13-8-4-5-9-14(13)17(18)21/h12-14H,1-11H2/t13-,14-/m0/s1. The number of hydrogen-bond donors (Lipinski definition) is 0. The summed E-state index contributed by atoms with van der Waals surface area (Å²) in [6, 6.07) is 0. The molecule has 5 nitrogen and oxygen atoms in total. The molecule has 0 aromatic rings. The zero-order valence-corrected chi connectivity index (χ0v) is 13.1. The molecule has 3 fully saturated rings. The van der Waals surface area contributed by atoms with Crippen LogP contribution in [-0.2, 0) is 19.1 Å². The summed E-state index contributed by atoms with van der Waals surface area (Å²) in [4.78, 5) is 37.8. The van der Waals surface area contributed by atoms with Crippen molar-refractivity contribution in [1.82, 2.24) is 4.90 Å². The van der Waals surface area contributed by atoms with Crippen molar-refractivity contribution in [2.75, 3.05) is 6.54 Å². The number of fused-ring (bicyclic) bond motifs is 1. The lowest BCUT2D eigenvalue weighted by Gasteiger charge is -2.22. The van der Waals surface area contributed by atoms with Gasteiger partial charge in [0.15, 0.2) is 0 Å². The van der Waals surface area contributed by atoms with E-state index in [0.29, 0.717) is 0 Å². The molecule has 0 spiro atoms. The molecule has 0 N–H and O–H groups in total. The van der Waals surface area contributed by atoms with Crippen LogP contribution in [-0.4, -0.2) is 35.3 Å². The van der Waals surface area contributed by atoms with Crippen LogP contribution >= 0.6 is 0 Å². The van der Waals surface area contributed by atoms with E-state index in [1.54, 1.807) is 0 Å². The molecule has 0 aromatic carbocycles. The van der Waals surface area contributed by atoms with Crippen molar-refractivity contribution in [1.29, 1.82) is 0 Å². The Bertz CT molecular complexity index is 432. The number of ether oxygens (including phenoxy) is 1. The maximum atomic E-state index is 12.3. The summed E-state index contributed by atoms with van der Waals surface area (Å²) < 4.78 is 5.45. The van der Waals surface area contributed by atoms with E-state index in [4.69, 9.17) is 4.74 Å². The summed E-state index contributed by atoms with van der Waals surface area (Å²) in [5.41, 5.74) is 0. The van der Waals surface area contributed by atoms with Crippen molar-refractivity contribution in [2.45, 2.75) is 70.3 Å². The van der Waals surface area contributed by atoms with E-state index in [9.17, 15) is 14.4 Å². The minimum Gasteiger partial charge on any atom is -0.462 e. The summed E-state index contributed by atoms with van der Waals surface area (Å²) in [6.45, 7) is 0.191. The number of likely N-dealkylation sites (tertiary alicyclic amines) is 1. The monoisotopic (exact) mass is 307 g/mol. The van der Waals surface area contributed by atoms with Crippen molar-refractivity contribution in [2.24, 2.45) is 11.8 Å². The maximum Gasteiger partial charge on any atom is 0.307 e. The Morgan fingerprint density at radius 3 is 2.05 bits per heavy atom. The van der Waals surface area contributed by atoms with Gasteiger partial charge in [0.05, 0.1) is 18.3 Å². The van der Waals surface area contributed by atoms with E-state index >= 15 is 0 Å². The van der Waals surface area contributed by atoms with Crippen LogP contribution in [0.15, 0.2) is 0 Å². The van der Waals surface area contributed by atoms with Gasteiger partial charge >= 0.3 is 5.97 Å². The van der Waals surface area contributed by atoms with E-state index < -0.39 is 0 Å². The average molecular weight is 307 g/mol. The predicted octanol–water partition coefficient (Wildman–Crippen LogP) is 2.43. The molecule has 1 saturated heterocycles. The molecule has 0 bridgehead atoms. The molecule has 0 radical (unpaired) electrons. The smallest absolute Gasteiger partial charge is 0.307 e. The number of esters is 1. The maximum absolute atomic E-state index is 12.3. The Morgan fingerprint density at radius 1 is 0.909 bits per heavy atom. The lowest BCUT2D eigenvalue weighted by molar-refractivity contribution is -0.151. The zero-order valence-electron chi connectivity index (χ0n) is 13.1. The summed E-state index contributed by atoms with van der Waals surface area (Å²) in [5.74, 6) is -0.672. The van der Waals surface area contributed by atoms with Crippen molar-refractivity contribution in [3.05, 3.63) is 0 Å². The van der Waals surface area contributed by atoms with Crippen molar-refractivity contribution < 1.29 is 19.1 Å². The Labute approximate surface area is 131 Å². The van der Waals surface area contributed by atoms with Crippen molar-refractivity contribution >= 4 is 17.8 Å². The van der Waals surface area contributed by atoms with Gasteiger partial charge in [-0.15, -0.1) is 0 Å². The summed E-state index contributed by atoms with van der Waals surface area (Å²) in [7, 11) is 0. The molecule has 2 atom stereocenters.